The van der Waals surface area contributed by atoms with E-state index >= 15 is 0 Å². The summed E-state index contributed by atoms with van der Waals surface area (Å²) < 4.78 is 38.3. The molecule has 0 aliphatic rings. The summed E-state index contributed by atoms with van der Waals surface area (Å²) in [6.07, 6.45) is -4.49. The van der Waals surface area contributed by atoms with E-state index in [1.54, 1.807) is 18.2 Å². The fraction of sp³-hybridized carbons (Fsp3) is 0.0714. The lowest BCUT2D eigenvalue weighted by Crippen LogP contribution is -2.08. The van der Waals surface area contributed by atoms with Crippen molar-refractivity contribution in [2.75, 3.05) is 5.73 Å². The Labute approximate surface area is 107 Å². The maximum atomic E-state index is 12.8. The Morgan fingerprint density at radius 1 is 1.00 bits per heavy atom. The van der Waals surface area contributed by atoms with Crippen molar-refractivity contribution in [3.05, 3.63) is 53.6 Å². The van der Waals surface area contributed by atoms with Gasteiger partial charge in [0.15, 0.2) is 0 Å². The molecule has 0 spiro atoms. The topological polar surface area (TPSA) is 49.8 Å². The molecule has 19 heavy (non-hydrogen) atoms. The van der Waals surface area contributed by atoms with E-state index < -0.39 is 11.7 Å². The molecule has 0 unspecified atom stereocenters. The molecule has 0 aliphatic carbocycles. The largest absolute Gasteiger partial charge is 0.418 e. The van der Waals surface area contributed by atoms with Gasteiger partial charge in [-0.1, -0.05) is 18.2 Å². The van der Waals surface area contributed by atoms with Gasteiger partial charge in [-0.05, 0) is 35.4 Å². The van der Waals surface area contributed by atoms with E-state index in [9.17, 15) is 13.2 Å². The van der Waals surface area contributed by atoms with Crippen LogP contribution in [0.3, 0.4) is 0 Å². The zero-order valence-electron chi connectivity index (χ0n) is 9.70. The van der Waals surface area contributed by atoms with Crippen molar-refractivity contribution in [2.24, 2.45) is 0 Å². The van der Waals surface area contributed by atoms with Crippen LogP contribution in [-0.2, 0) is 6.18 Å². The summed E-state index contributed by atoms with van der Waals surface area (Å²) in [7, 11) is 0. The smallest absolute Gasteiger partial charge is 0.398 e. The second-order valence-corrected chi connectivity index (χ2v) is 3.99. The second kappa shape index (κ2) is 4.65. The number of halogens is 3. The maximum Gasteiger partial charge on any atom is 0.418 e. The fourth-order valence-corrected chi connectivity index (χ4v) is 1.75. The number of hydrogen-bond acceptors (Lipinski definition) is 2. The number of hydrogen-bond donors (Lipinski definition) is 1. The average Bonchev–Trinajstić information content (AvgIpc) is 2.38. The van der Waals surface area contributed by atoms with Gasteiger partial charge in [0, 0.05) is 5.69 Å². The van der Waals surface area contributed by atoms with Gasteiger partial charge in [0.2, 0.25) is 0 Å². The standard InChI is InChI=1S/C14H9F3N2/c15-14(16,17)12-7-11(4-5-13(12)19)10-3-1-2-9(6-10)8-18/h1-7H,19H2. The highest BCUT2D eigenvalue weighted by atomic mass is 19.4. The first-order valence-corrected chi connectivity index (χ1v) is 5.39. The summed E-state index contributed by atoms with van der Waals surface area (Å²) in [5.74, 6) is 0. The van der Waals surface area contributed by atoms with Crippen LogP contribution in [0.2, 0.25) is 0 Å². The van der Waals surface area contributed by atoms with E-state index in [0.29, 0.717) is 16.7 Å². The fourth-order valence-electron chi connectivity index (χ4n) is 1.75. The van der Waals surface area contributed by atoms with E-state index in [1.807, 2.05) is 6.07 Å². The minimum absolute atomic E-state index is 0.312. The summed E-state index contributed by atoms with van der Waals surface area (Å²) in [5.41, 5.74) is 5.47. The molecule has 2 aromatic rings. The highest BCUT2D eigenvalue weighted by molar-refractivity contribution is 5.69. The zero-order valence-corrected chi connectivity index (χ0v) is 9.70. The third-order valence-corrected chi connectivity index (χ3v) is 2.68. The van der Waals surface area contributed by atoms with E-state index in [4.69, 9.17) is 11.0 Å². The molecular formula is C14H9F3N2. The molecule has 0 radical (unpaired) electrons. The molecular weight excluding hydrogens is 253 g/mol. The van der Waals surface area contributed by atoms with Crippen LogP contribution < -0.4 is 5.73 Å². The maximum absolute atomic E-state index is 12.8. The second-order valence-electron chi connectivity index (χ2n) is 3.99. The molecule has 2 aromatic carbocycles. The average molecular weight is 262 g/mol. The van der Waals surface area contributed by atoms with E-state index in [1.165, 1.54) is 18.2 Å². The number of anilines is 1. The summed E-state index contributed by atoms with van der Waals surface area (Å²) in [6.45, 7) is 0. The molecule has 0 aromatic heterocycles. The number of benzene rings is 2. The Hall–Kier alpha value is -2.48. The van der Waals surface area contributed by atoms with Crippen LogP contribution in [0.4, 0.5) is 18.9 Å². The molecule has 0 atom stereocenters. The van der Waals surface area contributed by atoms with Crippen LogP contribution in [-0.4, -0.2) is 0 Å². The molecule has 0 heterocycles. The molecule has 0 aliphatic heterocycles. The Bertz CT molecular complexity index is 654. The quantitative estimate of drug-likeness (QED) is 0.794. The Balaban J connectivity index is 2.55. The van der Waals surface area contributed by atoms with Crippen LogP contribution in [0.5, 0.6) is 0 Å². The van der Waals surface area contributed by atoms with Gasteiger partial charge < -0.3 is 5.73 Å². The van der Waals surface area contributed by atoms with Crippen molar-refractivity contribution in [3.63, 3.8) is 0 Å². The van der Waals surface area contributed by atoms with Crippen LogP contribution >= 0.6 is 0 Å². The number of rotatable bonds is 1. The number of nitrogen functional groups attached to an aromatic ring is 1. The number of nitrogens with zero attached hydrogens (tertiary/aromatic N) is 1. The molecule has 0 amide bonds. The third kappa shape index (κ3) is 2.68. The zero-order chi connectivity index (χ0) is 14.0. The van der Waals surface area contributed by atoms with Gasteiger partial charge in [-0.15, -0.1) is 0 Å². The van der Waals surface area contributed by atoms with Crippen molar-refractivity contribution < 1.29 is 13.2 Å². The van der Waals surface area contributed by atoms with E-state index in [2.05, 4.69) is 0 Å². The monoisotopic (exact) mass is 262 g/mol. The first-order chi connectivity index (χ1) is 8.91. The van der Waals surface area contributed by atoms with Crippen LogP contribution in [0.1, 0.15) is 11.1 Å². The van der Waals surface area contributed by atoms with Crippen LogP contribution in [0, 0.1) is 11.3 Å². The minimum atomic E-state index is -4.49. The van der Waals surface area contributed by atoms with Gasteiger partial charge in [0.05, 0.1) is 17.2 Å². The van der Waals surface area contributed by atoms with Crippen molar-refractivity contribution >= 4 is 5.69 Å². The molecule has 0 fully saturated rings. The van der Waals surface area contributed by atoms with Gasteiger partial charge in [-0.2, -0.15) is 18.4 Å². The summed E-state index contributed by atoms with van der Waals surface area (Å²) in [6, 6.07) is 12.0. The molecule has 2 nitrogen and oxygen atoms in total. The number of nitrogens with two attached hydrogens (primary N) is 1. The summed E-state index contributed by atoms with van der Waals surface area (Å²) in [5, 5.41) is 8.79. The number of nitriles is 1. The summed E-state index contributed by atoms with van der Waals surface area (Å²) in [4.78, 5) is 0. The lowest BCUT2D eigenvalue weighted by atomic mass is 10.00. The van der Waals surface area contributed by atoms with Crippen molar-refractivity contribution in [2.45, 2.75) is 6.18 Å². The van der Waals surface area contributed by atoms with Gasteiger partial charge in [0.1, 0.15) is 0 Å². The molecule has 0 bridgehead atoms. The SMILES string of the molecule is N#Cc1cccc(-c2ccc(N)c(C(F)(F)F)c2)c1. The Morgan fingerprint density at radius 3 is 2.32 bits per heavy atom. The van der Waals surface area contributed by atoms with Gasteiger partial charge in [-0.25, -0.2) is 0 Å². The molecule has 0 saturated carbocycles. The highest BCUT2D eigenvalue weighted by Crippen LogP contribution is 2.36. The van der Waals surface area contributed by atoms with Crippen LogP contribution in [0.15, 0.2) is 42.5 Å². The van der Waals surface area contributed by atoms with Crippen molar-refractivity contribution in [1.82, 2.24) is 0 Å². The first kappa shape index (κ1) is 13.0. The Kier molecular flexibility index (Phi) is 3.17. The minimum Gasteiger partial charge on any atom is -0.398 e. The molecule has 96 valence electrons. The lowest BCUT2D eigenvalue weighted by molar-refractivity contribution is -0.136. The van der Waals surface area contributed by atoms with Gasteiger partial charge in [-0.3, -0.25) is 0 Å². The van der Waals surface area contributed by atoms with Crippen molar-refractivity contribution in [3.8, 4) is 17.2 Å². The molecule has 5 heteroatoms. The normalized spacial score (nSPS) is 11.1. The highest BCUT2D eigenvalue weighted by Gasteiger charge is 2.33. The predicted molar refractivity (Wildman–Crippen MR) is 66.0 cm³/mol. The van der Waals surface area contributed by atoms with E-state index in [-0.39, 0.29) is 5.69 Å². The lowest BCUT2D eigenvalue weighted by Gasteiger charge is -2.12. The van der Waals surface area contributed by atoms with E-state index in [0.717, 1.165) is 6.07 Å². The van der Waals surface area contributed by atoms with Crippen LogP contribution in [0.25, 0.3) is 11.1 Å². The molecule has 2 rings (SSSR count). The van der Waals surface area contributed by atoms with Gasteiger partial charge >= 0.3 is 6.18 Å². The van der Waals surface area contributed by atoms with Crippen molar-refractivity contribution in [1.29, 1.82) is 5.26 Å². The third-order valence-electron chi connectivity index (χ3n) is 2.68. The number of alkyl halides is 3. The Morgan fingerprint density at radius 2 is 1.68 bits per heavy atom. The predicted octanol–water partition coefficient (Wildman–Crippen LogP) is 3.83. The van der Waals surface area contributed by atoms with Gasteiger partial charge in [0.25, 0.3) is 0 Å². The molecule has 2 N–H and O–H groups in total. The summed E-state index contributed by atoms with van der Waals surface area (Å²) >= 11 is 0. The first-order valence-electron chi connectivity index (χ1n) is 5.39. The molecule has 0 saturated heterocycles.